The van der Waals surface area contributed by atoms with Crippen LogP contribution in [0.15, 0.2) is 24.8 Å². The molecule has 1 N–H and O–H groups in total. The zero-order valence-corrected chi connectivity index (χ0v) is 7.54. The number of nitrogens with one attached hydrogen (secondary N) is 1. The van der Waals surface area contributed by atoms with E-state index in [4.69, 9.17) is 5.26 Å². The minimum atomic E-state index is 0.562. The number of aryl methyl sites for hydroxylation is 1. The number of pyridine rings is 1. The molecule has 1 rings (SSSR count). The summed E-state index contributed by atoms with van der Waals surface area (Å²) in [6.07, 6.45) is 1.73. The largest absolute Gasteiger partial charge is 0.366 e. The maximum atomic E-state index is 8.75. The fourth-order valence-electron chi connectivity index (χ4n) is 0.951. The highest BCUT2D eigenvalue weighted by atomic mass is 15.0. The normalized spacial score (nSPS) is 8.92. The van der Waals surface area contributed by atoms with Crippen molar-refractivity contribution in [1.29, 1.82) is 5.26 Å². The third-order valence-corrected chi connectivity index (χ3v) is 1.57. The third-order valence-electron chi connectivity index (χ3n) is 1.57. The zero-order chi connectivity index (χ0) is 9.68. The molecule has 1 aromatic heterocycles. The van der Waals surface area contributed by atoms with E-state index in [0.717, 1.165) is 5.69 Å². The number of anilines is 1. The minimum Gasteiger partial charge on any atom is -0.366 e. The van der Waals surface area contributed by atoms with Crippen LogP contribution < -0.4 is 5.32 Å². The van der Waals surface area contributed by atoms with Crippen LogP contribution in [0, 0.1) is 18.3 Å². The fourth-order valence-corrected chi connectivity index (χ4v) is 0.951. The molecular formula is C10H11N3. The molecule has 13 heavy (non-hydrogen) atoms. The Kier molecular flexibility index (Phi) is 3.04. The number of hydrogen-bond donors (Lipinski definition) is 1. The van der Waals surface area contributed by atoms with E-state index >= 15 is 0 Å². The minimum absolute atomic E-state index is 0.562. The molecule has 0 radical (unpaired) electrons. The molecule has 1 heterocycles. The first-order valence-corrected chi connectivity index (χ1v) is 4.00. The lowest BCUT2D eigenvalue weighted by atomic mass is 10.2. The lowest BCUT2D eigenvalue weighted by Gasteiger charge is -2.04. The van der Waals surface area contributed by atoms with Crippen LogP contribution in [-0.4, -0.2) is 11.5 Å². The molecule has 0 saturated heterocycles. The van der Waals surface area contributed by atoms with Crippen molar-refractivity contribution in [1.82, 2.24) is 4.98 Å². The SMILES string of the molecule is C=CCNc1nc(C)ccc1C#N. The second-order valence-corrected chi connectivity index (χ2v) is 2.63. The van der Waals surface area contributed by atoms with Gasteiger partial charge in [-0.25, -0.2) is 4.98 Å². The highest BCUT2D eigenvalue weighted by Crippen LogP contribution is 2.11. The van der Waals surface area contributed by atoms with Gasteiger partial charge in [0.05, 0.1) is 5.56 Å². The summed E-state index contributed by atoms with van der Waals surface area (Å²) in [7, 11) is 0. The van der Waals surface area contributed by atoms with Gasteiger partial charge < -0.3 is 5.32 Å². The van der Waals surface area contributed by atoms with Gasteiger partial charge in [0.2, 0.25) is 0 Å². The first kappa shape index (κ1) is 9.27. The molecule has 0 bridgehead atoms. The Bertz CT molecular complexity index is 350. The van der Waals surface area contributed by atoms with Gasteiger partial charge in [-0.05, 0) is 19.1 Å². The Labute approximate surface area is 77.7 Å². The predicted octanol–water partition coefficient (Wildman–Crippen LogP) is 1.86. The fraction of sp³-hybridized carbons (Fsp3) is 0.200. The molecule has 0 fully saturated rings. The molecule has 0 atom stereocenters. The van der Waals surface area contributed by atoms with E-state index in [1.165, 1.54) is 0 Å². The van der Waals surface area contributed by atoms with Gasteiger partial charge >= 0.3 is 0 Å². The summed E-state index contributed by atoms with van der Waals surface area (Å²) in [6, 6.07) is 5.65. The molecule has 0 unspecified atom stereocenters. The van der Waals surface area contributed by atoms with Crippen LogP contribution in [-0.2, 0) is 0 Å². The molecule has 1 aromatic rings. The van der Waals surface area contributed by atoms with E-state index in [9.17, 15) is 0 Å². The summed E-state index contributed by atoms with van der Waals surface area (Å²) in [6.45, 7) is 6.09. The molecule has 3 heteroatoms. The summed E-state index contributed by atoms with van der Waals surface area (Å²) < 4.78 is 0. The van der Waals surface area contributed by atoms with Crippen LogP contribution in [0.25, 0.3) is 0 Å². The Morgan fingerprint density at radius 1 is 1.69 bits per heavy atom. The molecular weight excluding hydrogens is 162 g/mol. The lowest BCUT2D eigenvalue weighted by molar-refractivity contribution is 1.15. The van der Waals surface area contributed by atoms with Gasteiger partial charge in [-0.3, -0.25) is 0 Å². The van der Waals surface area contributed by atoms with Crippen molar-refractivity contribution in [3.8, 4) is 6.07 Å². The van der Waals surface area contributed by atoms with E-state index < -0.39 is 0 Å². The number of aromatic nitrogens is 1. The van der Waals surface area contributed by atoms with Crippen molar-refractivity contribution in [2.45, 2.75) is 6.92 Å². The standard InChI is InChI=1S/C10H11N3/c1-3-6-12-10-9(7-11)5-4-8(2)13-10/h3-5H,1,6H2,2H3,(H,12,13). The van der Waals surface area contributed by atoms with Crippen LogP contribution in [0.4, 0.5) is 5.82 Å². The monoisotopic (exact) mass is 173 g/mol. The van der Waals surface area contributed by atoms with Gasteiger partial charge in [-0.1, -0.05) is 6.08 Å². The van der Waals surface area contributed by atoms with Crippen LogP contribution in [0.2, 0.25) is 0 Å². The van der Waals surface area contributed by atoms with E-state index in [-0.39, 0.29) is 0 Å². The first-order valence-electron chi connectivity index (χ1n) is 4.00. The Balaban J connectivity index is 2.95. The molecule has 66 valence electrons. The van der Waals surface area contributed by atoms with Crippen molar-refractivity contribution in [3.63, 3.8) is 0 Å². The second-order valence-electron chi connectivity index (χ2n) is 2.63. The molecule has 3 nitrogen and oxygen atoms in total. The lowest BCUT2D eigenvalue weighted by Crippen LogP contribution is -2.03. The molecule has 0 aliphatic rings. The summed E-state index contributed by atoms with van der Waals surface area (Å²) in [5, 5.41) is 11.8. The van der Waals surface area contributed by atoms with Gasteiger partial charge in [0.1, 0.15) is 11.9 Å². The van der Waals surface area contributed by atoms with Crippen molar-refractivity contribution in [2.75, 3.05) is 11.9 Å². The number of nitrogens with zero attached hydrogens (tertiary/aromatic N) is 2. The maximum Gasteiger partial charge on any atom is 0.144 e. The topological polar surface area (TPSA) is 48.7 Å². The molecule has 0 aromatic carbocycles. The number of nitriles is 1. The molecule has 0 aliphatic carbocycles. The summed E-state index contributed by atoms with van der Waals surface area (Å²) in [4.78, 5) is 4.20. The summed E-state index contributed by atoms with van der Waals surface area (Å²) in [5.41, 5.74) is 1.46. The van der Waals surface area contributed by atoms with Crippen LogP contribution in [0.1, 0.15) is 11.3 Å². The van der Waals surface area contributed by atoms with Gasteiger partial charge in [0, 0.05) is 12.2 Å². The smallest absolute Gasteiger partial charge is 0.144 e. The quantitative estimate of drug-likeness (QED) is 0.710. The Morgan fingerprint density at radius 2 is 2.46 bits per heavy atom. The zero-order valence-electron chi connectivity index (χ0n) is 7.54. The molecule has 0 spiro atoms. The molecule has 0 aliphatic heterocycles. The highest BCUT2D eigenvalue weighted by Gasteiger charge is 2.01. The van der Waals surface area contributed by atoms with E-state index in [1.807, 2.05) is 13.0 Å². The van der Waals surface area contributed by atoms with Crippen LogP contribution >= 0.6 is 0 Å². The summed E-state index contributed by atoms with van der Waals surface area (Å²) in [5.74, 6) is 0.627. The highest BCUT2D eigenvalue weighted by molar-refractivity contribution is 5.52. The molecule has 0 amide bonds. The average molecular weight is 173 g/mol. The average Bonchev–Trinajstić information content (AvgIpc) is 2.15. The second kappa shape index (κ2) is 4.27. The van der Waals surface area contributed by atoms with E-state index in [2.05, 4.69) is 22.9 Å². The van der Waals surface area contributed by atoms with Gasteiger partial charge in [-0.2, -0.15) is 5.26 Å². The van der Waals surface area contributed by atoms with Crippen LogP contribution in [0.5, 0.6) is 0 Å². The third kappa shape index (κ3) is 2.31. The predicted molar refractivity (Wildman–Crippen MR) is 52.4 cm³/mol. The Hall–Kier alpha value is -1.82. The summed E-state index contributed by atoms with van der Waals surface area (Å²) >= 11 is 0. The van der Waals surface area contributed by atoms with Crippen molar-refractivity contribution in [3.05, 3.63) is 36.0 Å². The van der Waals surface area contributed by atoms with Crippen molar-refractivity contribution < 1.29 is 0 Å². The number of rotatable bonds is 3. The van der Waals surface area contributed by atoms with Crippen molar-refractivity contribution >= 4 is 5.82 Å². The maximum absolute atomic E-state index is 8.75. The van der Waals surface area contributed by atoms with E-state index in [1.54, 1.807) is 12.1 Å². The van der Waals surface area contributed by atoms with Crippen LogP contribution in [0.3, 0.4) is 0 Å². The van der Waals surface area contributed by atoms with E-state index in [0.29, 0.717) is 17.9 Å². The van der Waals surface area contributed by atoms with Gasteiger partial charge in [0.15, 0.2) is 0 Å². The van der Waals surface area contributed by atoms with Gasteiger partial charge in [-0.15, -0.1) is 6.58 Å². The number of hydrogen-bond acceptors (Lipinski definition) is 3. The Morgan fingerprint density at radius 3 is 3.08 bits per heavy atom. The van der Waals surface area contributed by atoms with Crippen molar-refractivity contribution in [2.24, 2.45) is 0 Å². The van der Waals surface area contributed by atoms with Gasteiger partial charge in [0.25, 0.3) is 0 Å². The first-order chi connectivity index (χ1) is 6.27. The molecule has 0 saturated carbocycles.